The number of primary amides is 1. The number of para-hydroxylation sites is 1. The number of rotatable bonds is 9. The van der Waals surface area contributed by atoms with Crippen molar-refractivity contribution in [2.24, 2.45) is 5.73 Å². The van der Waals surface area contributed by atoms with Crippen LogP contribution in [0, 0.1) is 0 Å². The van der Waals surface area contributed by atoms with Crippen molar-refractivity contribution in [3.63, 3.8) is 0 Å². The van der Waals surface area contributed by atoms with Crippen molar-refractivity contribution in [3.8, 4) is 0 Å². The third-order valence-electron chi connectivity index (χ3n) is 5.64. The van der Waals surface area contributed by atoms with Crippen LogP contribution in [-0.4, -0.2) is 42.4 Å². The molecule has 2 aromatic carbocycles. The van der Waals surface area contributed by atoms with Crippen LogP contribution in [0.25, 0.3) is 0 Å². The number of nitrogens with zero attached hydrogens (tertiary/aromatic N) is 2. The van der Waals surface area contributed by atoms with Crippen LogP contribution < -0.4 is 10.6 Å². The molecule has 1 aliphatic carbocycles. The first-order chi connectivity index (χ1) is 14.1. The van der Waals surface area contributed by atoms with Crippen molar-refractivity contribution in [1.29, 1.82) is 0 Å². The topological polar surface area (TPSA) is 66.6 Å². The van der Waals surface area contributed by atoms with Crippen LogP contribution in [0.3, 0.4) is 0 Å². The number of fused-ring (bicyclic) bond motifs is 1. The molecule has 1 unspecified atom stereocenters. The van der Waals surface area contributed by atoms with Crippen LogP contribution in [0.2, 0.25) is 0 Å². The van der Waals surface area contributed by atoms with Gasteiger partial charge in [-0.1, -0.05) is 49.4 Å². The Morgan fingerprint density at radius 1 is 1.00 bits per heavy atom. The summed E-state index contributed by atoms with van der Waals surface area (Å²) in [7, 11) is 0. The summed E-state index contributed by atoms with van der Waals surface area (Å²) in [6.07, 6.45) is 4.26. The zero-order chi connectivity index (χ0) is 20.6. The SMILES string of the molecule is CCCN(CC(=O)N(CCC(N)=O)c1ccccc1)C1CCc2ccccc2C1. The van der Waals surface area contributed by atoms with Gasteiger partial charge in [-0.25, -0.2) is 0 Å². The molecular formula is C24H31N3O2. The molecule has 1 atom stereocenters. The van der Waals surface area contributed by atoms with Gasteiger partial charge in [-0.3, -0.25) is 14.5 Å². The Kier molecular flexibility index (Phi) is 7.42. The highest BCUT2D eigenvalue weighted by molar-refractivity contribution is 5.95. The van der Waals surface area contributed by atoms with Crippen molar-refractivity contribution < 1.29 is 9.59 Å². The second-order valence-electron chi connectivity index (χ2n) is 7.73. The number of aryl methyl sites for hydroxylation is 1. The van der Waals surface area contributed by atoms with Crippen LogP contribution in [0.4, 0.5) is 5.69 Å². The second kappa shape index (κ2) is 10.2. The molecule has 5 nitrogen and oxygen atoms in total. The molecule has 0 saturated carbocycles. The van der Waals surface area contributed by atoms with Gasteiger partial charge in [0.1, 0.15) is 0 Å². The molecular weight excluding hydrogens is 362 g/mol. The molecule has 3 rings (SSSR count). The number of amides is 2. The van der Waals surface area contributed by atoms with Crippen LogP contribution in [0.15, 0.2) is 54.6 Å². The molecule has 0 bridgehead atoms. The third kappa shape index (κ3) is 5.67. The van der Waals surface area contributed by atoms with Gasteiger partial charge in [0.05, 0.1) is 6.54 Å². The van der Waals surface area contributed by atoms with Gasteiger partial charge in [0.15, 0.2) is 0 Å². The molecule has 0 spiro atoms. The van der Waals surface area contributed by atoms with Crippen LogP contribution in [0.5, 0.6) is 0 Å². The summed E-state index contributed by atoms with van der Waals surface area (Å²) < 4.78 is 0. The standard InChI is InChI=1S/C24H31N3O2/c1-2-15-26(22-13-12-19-8-6-7-9-20(19)17-22)18-24(29)27(16-14-23(25)28)21-10-4-3-5-11-21/h3-11,22H,2,12-18H2,1H3,(H2,25,28). The van der Waals surface area contributed by atoms with E-state index in [1.54, 1.807) is 4.90 Å². The Morgan fingerprint density at radius 3 is 2.38 bits per heavy atom. The minimum atomic E-state index is -0.395. The Balaban J connectivity index is 1.74. The van der Waals surface area contributed by atoms with Crippen molar-refractivity contribution in [2.75, 3.05) is 24.5 Å². The molecule has 2 amide bonds. The molecule has 0 aliphatic heterocycles. The third-order valence-corrected chi connectivity index (χ3v) is 5.64. The zero-order valence-electron chi connectivity index (χ0n) is 17.2. The van der Waals surface area contributed by atoms with Gasteiger partial charge in [-0.15, -0.1) is 0 Å². The molecule has 0 saturated heterocycles. The van der Waals surface area contributed by atoms with Crippen LogP contribution in [0.1, 0.15) is 37.3 Å². The van der Waals surface area contributed by atoms with E-state index < -0.39 is 5.91 Å². The molecule has 2 aromatic rings. The first-order valence-electron chi connectivity index (χ1n) is 10.5. The van der Waals surface area contributed by atoms with E-state index in [0.29, 0.717) is 19.1 Å². The Morgan fingerprint density at radius 2 is 1.69 bits per heavy atom. The largest absolute Gasteiger partial charge is 0.370 e. The van der Waals surface area contributed by atoms with Crippen molar-refractivity contribution in [1.82, 2.24) is 4.90 Å². The lowest BCUT2D eigenvalue weighted by Gasteiger charge is -2.36. The lowest BCUT2D eigenvalue weighted by atomic mass is 9.87. The molecule has 0 fully saturated rings. The molecule has 0 radical (unpaired) electrons. The highest BCUT2D eigenvalue weighted by atomic mass is 16.2. The predicted octanol–water partition coefficient (Wildman–Crippen LogP) is 3.16. The number of benzene rings is 2. The monoisotopic (exact) mass is 393 g/mol. The van der Waals surface area contributed by atoms with Gasteiger partial charge >= 0.3 is 0 Å². The zero-order valence-corrected chi connectivity index (χ0v) is 17.2. The molecule has 0 heterocycles. The first kappa shape index (κ1) is 21.1. The van der Waals surface area contributed by atoms with E-state index in [2.05, 4.69) is 36.1 Å². The fraction of sp³-hybridized carbons (Fsp3) is 0.417. The van der Waals surface area contributed by atoms with E-state index in [1.807, 2.05) is 30.3 Å². The van der Waals surface area contributed by atoms with Crippen molar-refractivity contribution in [2.45, 2.75) is 45.1 Å². The van der Waals surface area contributed by atoms with Gasteiger partial charge in [0, 0.05) is 24.7 Å². The molecule has 2 N–H and O–H groups in total. The first-order valence-corrected chi connectivity index (χ1v) is 10.5. The van der Waals surface area contributed by atoms with E-state index in [9.17, 15) is 9.59 Å². The van der Waals surface area contributed by atoms with Crippen molar-refractivity contribution >= 4 is 17.5 Å². The van der Waals surface area contributed by atoms with Gasteiger partial charge < -0.3 is 10.6 Å². The van der Waals surface area contributed by atoms with Crippen molar-refractivity contribution in [3.05, 3.63) is 65.7 Å². The minimum absolute atomic E-state index is 0.0183. The fourth-order valence-corrected chi connectivity index (χ4v) is 4.15. The maximum atomic E-state index is 13.3. The summed E-state index contributed by atoms with van der Waals surface area (Å²) in [5.41, 5.74) is 8.98. The van der Waals surface area contributed by atoms with Gasteiger partial charge in [0.25, 0.3) is 0 Å². The Labute approximate surface area is 173 Å². The van der Waals surface area contributed by atoms with Crippen LogP contribution in [-0.2, 0) is 22.4 Å². The highest BCUT2D eigenvalue weighted by Gasteiger charge is 2.27. The molecule has 5 heteroatoms. The number of carbonyl (C=O) groups excluding carboxylic acids is 2. The average Bonchev–Trinajstić information content (AvgIpc) is 2.74. The van der Waals surface area contributed by atoms with E-state index in [4.69, 9.17) is 5.73 Å². The number of carbonyl (C=O) groups is 2. The maximum Gasteiger partial charge on any atom is 0.241 e. The Bertz CT molecular complexity index is 822. The smallest absolute Gasteiger partial charge is 0.241 e. The normalized spacial score (nSPS) is 15.7. The van der Waals surface area contributed by atoms with Gasteiger partial charge in [-0.05, 0) is 55.5 Å². The molecule has 1 aliphatic rings. The van der Waals surface area contributed by atoms with E-state index in [0.717, 1.165) is 37.9 Å². The minimum Gasteiger partial charge on any atom is -0.370 e. The predicted molar refractivity (Wildman–Crippen MR) is 117 cm³/mol. The van der Waals surface area contributed by atoms with Gasteiger partial charge in [0.2, 0.25) is 11.8 Å². The summed E-state index contributed by atoms with van der Waals surface area (Å²) in [4.78, 5) is 28.6. The number of nitrogens with two attached hydrogens (primary N) is 1. The Hall–Kier alpha value is -2.66. The van der Waals surface area contributed by atoms with E-state index in [-0.39, 0.29) is 12.3 Å². The van der Waals surface area contributed by atoms with Crippen LogP contribution >= 0.6 is 0 Å². The van der Waals surface area contributed by atoms with E-state index >= 15 is 0 Å². The molecule has 29 heavy (non-hydrogen) atoms. The summed E-state index contributed by atoms with van der Waals surface area (Å²) in [6, 6.07) is 18.5. The summed E-state index contributed by atoms with van der Waals surface area (Å²) >= 11 is 0. The average molecular weight is 394 g/mol. The lowest BCUT2D eigenvalue weighted by Crippen LogP contribution is -2.47. The number of hydrogen-bond acceptors (Lipinski definition) is 3. The summed E-state index contributed by atoms with van der Waals surface area (Å²) in [6.45, 7) is 3.70. The fourth-order valence-electron chi connectivity index (χ4n) is 4.15. The highest BCUT2D eigenvalue weighted by Crippen LogP contribution is 2.25. The number of anilines is 1. The van der Waals surface area contributed by atoms with Gasteiger partial charge in [-0.2, -0.15) is 0 Å². The molecule has 0 aromatic heterocycles. The van der Waals surface area contributed by atoms with E-state index in [1.165, 1.54) is 11.1 Å². The lowest BCUT2D eigenvalue weighted by molar-refractivity contribution is -0.120. The summed E-state index contributed by atoms with van der Waals surface area (Å²) in [5, 5.41) is 0. The molecule has 154 valence electrons. The second-order valence-corrected chi connectivity index (χ2v) is 7.73. The number of hydrogen-bond donors (Lipinski definition) is 1. The maximum absolute atomic E-state index is 13.3. The quantitative estimate of drug-likeness (QED) is 0.712. The summed E-state index contributed by atoms with van der Waals surface area (Å²) in [5.74, 6) is -0.377.